The van der Waals surface area contributed by atoms with Crippen LogP contribution in [0.3, 0.4) is 0 Å². The summed E-state index contributed by atoms with van der Waals surface area (Å²) in [6.45, 7) is 0.539. The monoisotopic (exact) mass is 212 g/mol. The van der Waals surface area contributed by atoms with Gasteiger partial charge in [-0.3, -0.25) is 4.79 Å². The number of carbonyl (C=O) groups excluding carboxylic acids is 1. The average Bonchev–Trinajstić information content (AvgIpc) is 2.32. The Balaban J connectivity index is 2.54. The highest BCUT2D eigenvalue weighted by molar-refractivity contribution is 5.95. The Kier molecular flexibility index (Phi) is 2.40. The van der Waals surface area contributed by atoms with Crippen LogP contribution in [0, 0.1) is 11.6 Å². The van der Waals surface area contributed by atoms with Crippen molar-refractivity contribution in [3.8, 4) is 0 Å². The second-order valence-electron chi connectivity index (χ2n) is 3.45. The lowest BCUT2D eigenvalue weighted by molar-refractivity contribution is -0.117. The molecule has 5 heteroatoms. The number of nitrogens with zero attached hydrogens (tertiary/aromatic N) is 1. The van der Waals surface area contributed by atoms with Gasteiger partial charge in [0.2, 0.25) is 5.91 Å². The first kappa shape index (κ1) is 10.0. The molecular weight excluding hydrogens is 202 g/mol. The minimum atomic E-state index is -0.935. The van der Waals surface area contributed by atoms with Crippen molar-refractivity contribution in [3.05, 3.63) is 29.3 Å². The summed E-state index contributed by atoms with van der Waals surface area (Å²) >= 11 is 0. The van der Waals surface area contributed by atoms with E-state index in [1.165, 1.54) is 4.90 Å². The molecule has 0 aliphatic carbocycles. The first-order valence-electron chi connectivity index (χ1n) is 4.55. The van der Waals surface area contributed by atoms with Crippen LogP contribution in [0.5, 0.6) is 0 Å². The third-order valence-electron chi connectivity index (χ3n) is 2.45. The van der Waals surface area contributed by atoms with Crippen molar-refractivity contribution in [2.45, 2.75) is 6.54 Å². The van der Waals surface area contributed by atoms with Gasteiger partial charge in [-0.1, -0.05) is 0 Å². The highest BCUT2D eigenvalue weighted by Crippen LogP contribution is 2.24. The maximum Gasteiger partial charge on any atom is 0.240 e. The summed E-state index contributed by atoms with van der Waals surface area (Å²) in [5, 5.41) is 2.85. The fourth-order valence-electron chi connectivity index (χ4n) is 1.59. The summed E-state index contributed by atoms with van der Waals surface area (Å²) in [4.78, 5) is 12.8. The van der Waals surface area contributed by atoms with Gasteiger partial charge < -0.3 is 10.2 Å². The van der Waals surface area contributed by atoms with Crippen molar-refractivity contribution in [2.75, 3.05) is 18.5 Å². The van der Waals surface area contributed by atoms with Crippen LogP contribution in [0.4, 0.5) is 14.5 Å². The Bertz CT molecular complexity index is 420. The number of benzene rings is 1. The fraction of sp³-hybridized carbons (Fsp3) is 0.300. The first-order chi connectivity index (χ1) is 7.09. The highest BCUT2D eigenvalue weighted by atomic mass is 19.2. The summed E-state index contributed by atoms with van der Waals surface area (Å²) < 4.78 is 26.0. The highest BCUT2D eigenvalue weighted by Gasteiger charge is 2.20. The van der Waals surface area contributed by atoms with E-state index in [-0.39, 0.29) is 12.5 Å². The number of amides is 1. The third kappa shape index (κ3) is 1.70. The van der Waals surface area contributed by atoms with E-state index in [9.17, 15) is 13.6 Å². The van der Waals surface area contributed by atoms with Crippen LogP contribution in [-0.4, -0.2) is 19.5 Å². The molecule has 2 rings (SSSR count). The molecule has 0 saturated heterocycles. The predicted octanol–water partition coefficient (Wildman–Crippen LogP) is 1.03. The van der Waals surface area contributed by atoms with Gasteiger partial charge in [0.05, 0.1) is 12.2 Å². The maximum absolute atomic E-state index is 13.0. The number of fused-ring (bicyclic) bond motifs is 1. The Morgan fingerprint density at radius 3 is 2.67 bits per heavy atom. The van der Waals surface area contributed by atoms with E-state index in [0.29, 0.717) is 17.8 Å². The van der Waals surface area contributed by atoms with Crippen molar-refractivity contribution in [2.24, 2.45) is 0 Å². The minimum Gasteiger partial charge on any atom is -0.314 e. The molecule has 0 radical (unpaired) electrons. The lowest BCUT2D eigenvalue weighted by Crippen LogP contribution is -2.32. The SMILES string of the molecule is CN1C(=O)CNCc2cc(F)c(F)cc21. The van der Waals surface area contributed by atoms with Gasteiger partial charge in [-0.15, -0.1) is 0 Å². The molecule has 3 nitrogen and oxygen atoms in total. The van der Waals surface area contributed by atoms with E-state index in [0.717, 1.165) is 12.1 Å². The molecule has 0 unspecified atom stereocenters. The van der Waals surface area contributed by atoms with E-state index in [1.807, 2.05) is 0 Å². The molecule has 15 heavy (non-hydrogen) atoms. The summed E-state index contributed by atoms with van der Waals surface area (Å²) in [6, 6.07) is 2.17. The second kappa shape index (κ2) is 3.58. The average molecular weight is 212 g/mol. The zero-order chi connectivity index (χ0) is 11.0. The molecule has 1 heterocycles. The molecule has 0 aromatic heterocycles. The van der Waals surface area contributed by atoms with E-state index in [4.69, 9.17) is 0 Å². The lowest BCUT2D eigenvalue weighted by atomic mass is 10.1. The van der Waals surface area contributed by atoms with Crippen molar-refractivity contribution < 1.29 is 13.6 Å². The van der Waals surface area contributed by atoms with Crippen LogP contribution in [0.15, 0.2) is 12.1 Å². The van der Waals surface area contributed by atoms with Crippen LogP contribution in [0.2, 0.25) is 0 Å². The Morgan fingerprint density at radius 1 is 1.27 bits per heavy atom. The largest absolute Gasteiger partial charge is 0.314 e. The number of hydrogen-bond donors (Lipinski definition) is 1. The van der Waals surface area contributed by atoms with Gasteiger partial charge in [0.25, 0.3) is 0 Å². The Morgan fingerprint density at radius 2 is 1.93 bits per heavy atom. The summed E-state index contributed by atoms with van der Waals surface area (Å²) in [7, 11) is 1.55. The molecule has 0 saturated carbocycles. The predicted molar refractivity (Wildman–Crippen MR) is 51.5 cm³/mol. The van der Waals surface area contributed by atoms with Gasteiger partial charge in [0, 0.05) is 19.7 Å². The van der Waals surface area contributed by atoms with E-state index >= 15 is 0 Å². The molecule has 1 aliphatic rings. The van der Waals surface area contributed by atoms with Crippen LogP contribution in [0.25, 0.3) is 0 Å². The van der Waals surface area contributed by atoms with E-state index in [2.05, 4.69) is 5.32 Å². The smallest absolute Gasteiger partial charge is 0.240 e. The van der Waals surface area contributed by atoms with Gasteiger partial charge >= 0.3 is 0 Å². The number of likely N-dealkylation sites (N-methyl/N-ethyl adjacent to an activating group) is 1. The topological polar surface area (TPSA) is 32.3 Å². The van der Waals surface area contributed by atoms with Crippen LogP contribution in [0.1, 0.15) is 5.56 Å². The number of hydrogen-bond acceptors (Lipinski definition) is 2. The summed E-state index contributed by atoms with van der Waals surface area (Å²) in [5.41, 5.74) is 1.01. The second-order valence-corrected chi connectivity index (χ2v) is 3.45. The molecule has 0 bridgehead atoms. The van der Waals surface area contributed by atoms with Crippen molar-refractivity contribution in [1.82, 2.24) is 5.32 Å². The molecule has 0 spiro atoms. The molecule has 1 amide bonds. The third-order valence-corrected chi connectivity index (χ3v) is 2.45. The quantitative estimate of drug-likeness (QED) is 0.696. The molecule has 80 valence electrons. The number of halogens is 2. The molecule has 1 aromatic rings. The van der Waals surface area contributed by atoms with Crippen molar-refractivity contribution in [3.63, 3.8) is 0 Å². The Labute approximate surface area is 85.7 Å². The van der Waals surface area contributed by atoms with Gasteiger partial charge in [0.15, 0.2) is 11.6 Å². The zero-order valence-corrected chi connectivity index (χ0v) is 8.18. The standard InChI is InChI=1S/C10H10F2N2O/c1-14-9-3-8(12)7(11)2-6(9)4-13-5-10(14)15/h2-3,13H,4-5H2,1H3. The van der Waals surface area contributed by atoms with E-state index < -0.39 is 11.6 Å². The van der Waals surface area contributed by atoms with Crippen LogP contribution >= 0.6 is 0 Å². The molecule has 0 fully saturated rings. The van der Waals surface area contributed by atoms with Gasteiger partial charge in [0.1, 0.15) is 0 Å². The van der Waals surface area contributed by atoms with Crippen LogP contribution in [-0.2, 0) is 11.3 Å². The lowest BCUT2D eigenvalue weighted by Gasteiger charge is -2.16. The molecular formula is C10H10F2N2O. The number of rotatable bonds is 0. The zero-order valence-electron chi connectivity index (χ0n) is 8.18. The van der Waals surface area contributed by atoms with E-state index in [1.54, 1.807) is 7.05 Å². The maximum atomic E-state index is 13.0. The molecule has 1 aliphatic heterocycles. The number of nitrogens with one attached hydrogen (secondary N) is 1. The fourth-order valence-corrected chi connectivity index (χ4v) is 1.59. The molecule has 1 aromatic carbocycles. The number of carbonyl (C=O) groups is 1. The molecule has 0 atom stereocenters. The Hall–Kier alpha value is -1.49. The van der Waals surface area contributed by atoms with Crippen LogP contribution < -0.4 is 10.2 Å². The normalized spacial score (nSPS) is 16.2. The van der Waals surface area contributed by atoms with Crippen molar-refractivity contribution >= 4 is 11.6 Å². The number of anilines is 1. The first-order valence-corrected chi connectivity index (χ1v) is 4.55. The summed E-state index contributed by atoms with van der Waals surface area (Å²) in [5.74, 6) is -1.99. The van der Waals surface area contributed by atoms with Gasteiger partial charge in [-0.25, -0.2) is 8.78 Å². The van der Waals surface area contributed by atoms with Gasteiger partial charge in [-0.2, -0.15) is 0 Å². The van der Waals surface area contributed by atoms with Crippen molar-refractivity contribution in [1.29, 1.82) is 0 Å². The van der Waals surface area contributed by atoms with Gasteiger partial charge in [-0.05, 0) is 11.6 Å². The molecule has 1 N–H and O–H groups in total. The summed E-state index contributed by atoms with van der Waals surface area (Å²) in [6.07, 6.45) is 0. The minimum absolute atomic E-state index is 0.167.